The Morgan fingerprint density at radius 3 is 2.69 bits per heavy atom. The maximum atomic E-state index is 13.0. The molecule has 1 aliphatic rings. The summed E-state index contributed by atoms with van der Waals surface area (Å²) in [7, 11) is 0. The average Bonchev–Trinajstić information content (AvgIpc) is 2.62. The van der Waals surface area contributed by atoms with Gasteiger partial charge in [-0.25, -0.2) is 0 Å². The predicted molar refractivity (Wildman–Crippen MR) is 107 cm³/mol. The largest absolute Gasteiger partial charge is 0.494 e. The molecule has 0 spiro atoms. The van der Waals surface area contributed by atoms with E-state index >= 15 is 0 Å². The number of nitrogens with one attached hydrogen (secondary N) is 3. The Morgan fingerprint density at radius 2 is 1.96 bits per heavy atom. The van der Waals surface area contributed by atoms with Gasteiger partial charge in [-0.05, 0) is 55.9 Å². The molecule has 26 heavy (non-hydrogen) atoms. The van der Waals surface area contributed by atoms with E-state index in [4.69, 9.17) is 17.0 Å². The van der Waals surface area contributed by atoms with Crippen LogP contribution in [0, 0.1) is 0 Å². The molecular weight excluding hydrogens is 346 g/mol. The topological polar surface area (TPSA) is 62.4 Å². The van der Waals surface area contributed by atoms with Crippen molar-refractivity contribution in [3.63, 3.8) is 0 Å². The third-order valence-corrected chi connectivity index (χ3v) is 4.27. The van der Waals surface area contributed by atoms with Crippen molar-refractivity contribution in [3.05, 3.63) is 71.4 Å². The highest BCUT2D eigenvalue weighted by Crippen LogP contribution is 2.29. The normalized spacial score (nSPS) is 16.5. The zero-order valence-electron chi connectivity index (χ0n) is 14.7. The van der Waals surface area contributed by atoms with Crippen LogP contribution in [0.3, 0.4) is 0 Å². The lowest BCUT2D eigenvalue weighted by Gasteiger charge is -2.30. The van der Waals surface area contributed by atoms with E-state index < -0.39 is 0 Å². The maximum absolute atomic E-state index is 13.0. The molecule has 3 N–H and O–H groups in total. The van der Waals surface area contributed by atoms with Gasteiger partial charge in [-0.15, -0.1) is 0 Å². The standard InChI is InChI=1S/C20H21N3O2S/c1-3-25-16-11-7-8-14(12-16)18-17(13(2)21-20(26)23-18)19(24)22-15-9-5-4-6-10-15/h4-12,18H,3H2,1-2H3,(H,22,24)(H2,21,23,26)/t18-/m1/s1. The molecule has 0 fully saturated rings. The van der Waals surface area contributed by atoms with Crippen LogP contribution in [0.2, 0.25) is 0 Å². The lowest BCUT2D eigenvalue weighted by atomic mass is 9.94. The Balaban J connectivity index is 1.94. The van der Waals surface area contributed by atoms with Crippen molar-refractivity contribution in [2.24, 2.45) is 0 Å². The summed E-state index contributed by atoms with van der Waals surface area (Å²) in [5.74, 6) is 0.583. The number of carbonyl (C=O) groups is 1. The van der Waals surface area contributed by atoms with Crippen LogP contribution in [0.4, 0.5) is 5.69 Å². The Morgan fingerprint density at radius 1 is 1.19 bits per heavy atom. The molecule has 0 saturated heterocycles. The Labute approximate surface area is 158 Å². The minimum atomic E-state index is -0.354. The first-order valence-corrected chi connectivity index (χ1v) is 8.86. The average molecular weight is 367 g/mol. The molecule has 1 atom stereocenters. The Kier molecular flexibility index (Phi) is 5.53. The fourth-order valence-corrected chi connectivity index (χ4v) is 3.19. The van der Waals surface area contributed by atoms with Gasteiger partial charge in [0.1, 0.15) is 5.75 Å². The smallest absolute Gasteiger partial charge is 0.255 e. The van der Waals surface area contributed by atoms with E-state index in [-0.39, 0.29) is 11.9 Å². The van der Waals surface area contributed by atoms with Crippen molar-refractivity contribution in [1.82, 2.24) is 10.6 Å². The van der Waals surface area contributed by atoms with Gasteiger partial charge in [0.25, 0.3) is 5.91 Å². The van der Waals surface area contributed by atoms with Crippen molar-refractivity contribution in [2.45, 2.75) is 19.9 Å². The molecule has 0 saturated carbocycles. The molecule has 2 aromatic carbocycles. The summed E-state index contributed by atoms with van der Waals surface area (Å²) in [5.41, 5.74) is 2.98. The van der Waals surface area contributed by atoms with Crippen LogP contribution in [0.25, 0.3) is 0 Å². The number of para-hydroxylation sites is 1. The first kappa shape index (κ1) is 17.9. The number of rotatable bonds is 5. The number of anilines is 1. The number of ether oxygens (including phenoxy) is 1. The lowest BCUT2D eigenvalue weighted by Crippen LogP contribution is -2.45. The van der Waals surface area contributed by atoms with Gasteiger partial charge in [0, 0.05) is 11.4 Å². The monoisotopic (exact) mass is 367 g/mol. The fourth-order valence-electron chi connectivity index (χ4n) is 2.92. The predicted octanol–water partition coefficient (Wildman–Crippen LogP) is 3.52. The summed E-state index contributed by atoms with van der Waals surface area (Å²) in [6, 6.07) is 16.7. The first-order valence-electron chi connectivity index (χ1n) is 8.46. The van der Waals surface area contributed by atoms with Gasteiger partial charge in [0.05, 0.1) is 18.2 Å². The van der Waals surface area contributed by atoms with Crippen molar-refractivity contribution < 1.29 is 9.53 Å². The van der Waals surface area contributed by atoms with Gasteiger partial charge in [0.2, 0.25) is 0 Å². The molecule has 1 heterocycles. The van der Waals surface area contributed by atoms with Crippen LogP contribution in [0.15, 0.2) is 65.9 Å². The molecule has 6 heteroatoms. The molecule has 5 nitrogen and oxygen atoms in total. The second-order valence-electron chi connectivity index (χ2n) is 5.90. The van der Waals surface area contributed by atoms with Gasteiger partial charge < -0.3 is 20.7 Å². The van der Waals surface area contributed by atoms with Gasteiger partial charge in [-0.3, -0.25) is 4.79 Å². The summed E-state index contributed by atoms with van der Waals surface area (Å²) in [6.45, 7) is 4.37. The number of hydrogen-bond donors (Lipinski definition) is 3. The van der Waals surface area contributed by atoms with E-state index in [1.807, 2.05) is 68.4 Å². The number of amides is 1. The van der Waals surface area contributed by atoms with Gasteiger partial charge >= 0.3 is 0 Å². The van der Waals surface area contributed by atoms with Gasteiger partial charge in [-0.2, -0.15) is 0 Å². The number of hydrogen-bond acceptors (Lipinski definition) is 3. The van der Waals surface area contributed by atoms with Crippen LogP contribution < -0.4 is 20.7 Å². The number of carbonyl (C=O) groups excluding carboxylic acids is 1. The summed E-state index contributed by atoms with van der Waals surface area (Å²) in [6.07, 6.45) is 0. The molecule has 0 radical (unpaired) electrons. The number of benzene rings is 2. The molecule has 134 valence electrons. The van der Waals surface area contributed by atoms with E-state index in [0.717, 1.165) is 22.7 Å². The van der Waals surface area contributed by atoms with E-state index in [0.29, 0.717) is 17.3 Å². The minimum absolute atomic E-state index is 0.178. The van der Waals surface area contributed by atoms with Crippen LogP contribution in [0.5, 0.6) is 5.75 Å². The molecule has 1 amide bonds. The second-order valence-corrected chi connectivity index (χ2v) is 6.30. The minimum Gasteiger partial charge on any atom is -0.494 e. The molecular formula is C20H21N3O2S. The van der Waals surface area contributed by atoms with Crippen LogP contribution >= 0.6 is 12.2 Å². The summed E-state index contributed by atoms with van der Waals surface area (Å²) >= 11 is 5.29. The fraction of sp³-hybridized carbons (Fsp3) is 0.200. The van der Waals surface area contributed by atoms with Crippen LogP contribution in [0.1, 0.15) is 25.5 Å². The summed E-state index contributed by atoms with van der Waals surface area (Å²) in [4.78, 5) is 13.0. The van der Waals surface area contributed by atoms with E-state index in [1.54, 1.807) is 0 Å². The van der Waals surface area contributed by atoms with Crippen LogP contribution in [-0.4, -0.2) is 17.6 Å². The molecule has 0 aromatic heterocycles. The zero-order valence-corrected chi connectivity index (χ0v) is 15.5. The molecule has 0 aliphatic carbocycles. The molecule has 2 aromatic rings. The Bertz CT molecular complexity index is 849. The molecule has 0 unspecified atom stereocenters. The van der Waals surface area contributed by atoms with Crippen molar-refractivity contribution in [2.75, 3.05) is 11.9 Å². The van der Waals surface area contributed by atoms with E-state index in [1.165, 1.54) is 0 Å². The molecule has 1 aliphatic heterocycles. The van der Waals surface area contributed by atoms with Gasteiger partial charge in [-0.1, -0.05) is 30.3 Å². The second kappa shape index (κ2) is 8.01. The summed E-state index contributed by atoms with van der Waals surface area (Å²) < 4.78 is 5.59. The highest BCUT2D eigenvalue weighted by atomic mass is 32.1. The van der Waals surface area contributed by atoms with Crippen molar-refractivity contribution in [3.8, 4) is 5.75 Å². The maximum Gasteiger partial charge on any atom is 0.255 e. The highest BCUT2D eigenvalue weighted by Gasteiger charge is 2.30. The van der Waals surface area contributed by atoms with Crippen molar-refractivity contribution >= 4 is 28.9 Å². The third-order valence-electron chi connectivity index (χ3n) is 4.05. The highest BCUT2D eigenvalue weighted by molar-refractivity contribution is 7.80. The first-order chi connectivity index (χ1) is 12.6. The summed E-state index contributed by atoms with van der Waals surface area (Å²) in [5, 5.41) is 9.67. The lowest BCUT2D eigenvalue weighted by molar-refractivity contribution is -0.113. The van der Waals surface area contributed by atoms with E-state index in [2.05, 4.69) is 16.0 Å². The SMILES string of the molecule is CCOc1cccc([C@H]2NC(=S)NC(C)=C2C(=O)Nc2ccccc2)c1. The molecule has 3 rings (SSSR count). The van der Waals surface area contributed by atoms with Crippen molar-refractivity contribution in [1.29, 1.82) is 0 Å². The zero-order chi connectivity index (χ0) is 18.5. The Hall–Kier alpha value is -2.86. The van der Waals surface area contributed by atoms with E-state index in [9.17, 15) is 4.79 Å². The quantitative estimate of drug-likeness (QED) is 0.706. The van der Waals surface area contributed by atoms with Crippen LogP contribution in [-0.2, 0) is 4.79 Å². The number of thiocarbonyl (C=S) groups is 1. The molecule has 0 bridgehead atoms. The number of allylic oxidation sites excluding steroid dienone is 1. The van der Waals surface area contributed by atoms with Gasteiger partial charge in [0.15, 0.2) is 5.11 Å². The third kappa shape index (κ3) is 4.03.